The number of amides is 1. The van der Waals surface area contributed by atoms with Crippen molar-refractivity contribution in [1.29, 1.82) is 0 Å². The van der Waals surface area contributed by atoms with Gasteiger partial charge in [0, 0.05) is 32.1 Å². The maximum atomic E-state index is 12.2. The second-order valence-corrected chi connectivity index (χ2v) is 6.44. The summed E-state index contributed by atoms with van der Waals surface area (Å²) < 4.78 is 11.2. The highest BCUT2D eigenvalue weighted by Gasteiger charge is 2.24. The molecule has 0 bridgehead atoms. The molecule has 0 aliphatic carbocycles. The molecule has 1 atom stereocenters. The Balaban J connectivity index is 1.36. The SMILES string of the molecule is O=C(COCC1CCCCO1)N1CCC(c2ccncc2)CC1. The van der Waals surface area contributed by atoms with Crippen molar-refractivity contribution in [2.75, 3.05) is 32.9 Å². The summed E-state index contributed by atoms with van der Waals surface area (Å²) in [5.41, 5.74) is 1.33. The summed E-state index contributed by atoms with van der Waals surface area (Å²) >= 11 is 0. The predicted octanol–water partition coefficient (Wildman–Crippen LogP) is 2.37. The lowest BCUT2D eigenvalue weighted by Crippen LogP contribution is -2.40. The summed E-state index contributed by atoms with van der Waals surface area (Å²) in [6, 6.07) is 4.16. The number of aromatic nitrogens is 1. The molecule has 126 valence electrons. The molecule has 3 heterocycles. The number of carbonyl (C=O) groups excluding carboxylic acids is 1. The molecule has 2 aliphatic rings. The van der Waals surface area contributed by atoms with E-state index < -0.39 is 0 Å². The lowest BCUT2D eigenvalue weighted by molar-refractivity contribution is -0.139. The fourth-order valence-electron chi connectivity index (χ4n) is 3.41. The van der Waals surface area contributed by atoms with Crippen LogP contribution in [-0.2, 0) is 14.3 Å². The monoisotopic (exact) mass is 318 g/mol. The quantitative estimate of drug-likeness (QED) is 0.836. The van der Waals surface area contributed by atoms with E-state index in [-0.39, 0.29) is 18.6 Å². The molecule has 1 unspecified atom stereocenters. The molecule has 3 rings (SSSR count). The zero-order valence-corrected chi connectivity index (χ0v) is 13.7. The van der Waals surface area contributed by atoms with E-state index in [9.17, 15) is 4.79 Å². The van der Waals surface area contributed by atoms with Gasteiger partial charge in [0.2, 0.25) is 5.91 Å². The summed E-state index contributed by atoms with van der Waals surface area (Å²) in [6.45, 7) is 3.17. The molecule has 0 N–H and O–H groups in total. The Morgan fingerprint density at radius 2 is 2.00 bits per heavy atom. The van der Waals surface area contributed by atoms with Crippen molar-refractivity contribution in [3.8, 4) is 0 Å². The minimum Gasteiger partial charge on any atom is -0.376 e. The Morgan fingerprint density at radius 3 is 2.70 bits per heavy atom. The second kappa shape index (κ2) is 8.41. The summed E-state index contributed by atoms with van der Waals surface area (Å²) in [4.78, 5) is 18.2. The van der Waals surface area contributed by atoms with Crippen LogP contribution in [0, 0.1) is 0 Å². The Labute approximate surface area is 138 Å². The Hall–Kier alpha value is -1.46. The largest absolute Gasteiger partial charge is 0.376 e. The number of piperidine rings is 1. The zero-order chi connectivity index (χ0) is 15.9. The van der Waals surface area contributed by atoms with Gasteiger partial charge in [0.05, 0.1) is 12.7 Å². The van der Waals surface area contributed by atoms with Crippen LogP contribution in [0.1, 0.15) is 43.6 Å². The number of rotatable bonds is 5. The number of hydrogen-bond donors (Lipinski definition) is 0. The van der Waals surface area contributed by atoms with Crippen molar-refractivity contribution < 1.29 is 14.3 Å². The molecule has 2 aliphatic heterocycles. The third-order valence-electron chi connectivity index (χ3n) is 4.83. The summed E-state index contributed by atoms with van der Waals surface area (Å²) in [6.07, 6.45) is 9.28. The normalized spacial score (nSPS) is 23.0. The smallest absolute Gasteiger partial charge is 0.248 e. The maximum Gasteiger partial charge on any atom is 0.248 e. The summed E-state index contributed by atoms with van der Waals surface area (Å²) in [5.74, 6) is 0.646. The molecule has 0 aromatic carbocycles. The minimum absolute atomic E-state index is 0.106. The van der Waals surface area contributed by atoms with E-state index in [0.29, 0.717) is 12.5 Å². The van der Waals surface area contributed by atoms with Crippen molar-refractivity contribution in [3.05, 3.63) is 30.1 Å². The van der Waals surface area contributed by atoms with Crippen LogP contribution in [0.5, 0.6) is 0 Å². The third kappa shape index (κ3) is 4.75. The van der Waals surface area contributed by atoms with Crippen LogP contribution in [0.4, 0.5) is 0 Å². The lowest BCUT2D eigenvalue weighted by atomic mass is 9.90. The van der Waals surface area contributed by atoms with Gasteiger partial charge in [-0.05, 0) is 55.7 Å². The first-order valence-corrected chi connectivity index (χ1v) is 8.70. The van der Waals surface area contributed by atoms with Crippen LogP contribution in [-0.4, -0.2) is 54.8 Å². The van der Waals surface area contributed by atoms with Gasteiger partial charge in [-0.2, -0.15) is 0 Å². The van der Waals surface area contributed by atoms with E-state index in [1.807, 2.05) is 17.3 Å². The van der Waals surface area contributed by atoms with Gasteiger partial charge in [-0.15, -0.1) is 0 Å². The van der Waals surface area contributed by atoms with Gasteiger partial charge in [0.15, 0.2) is 0 Å². The molecule has 0 radical (unpaired) electrons. The molecule has 5 heteroatoms. The molecule has 1 amide bonds. The van der Waals surface area contributed by atoms with E-state index in [1.165, 1.54) is 12.0 Å². The predicted molar refractivity (Wildman–Crippen MR) is 87.2 cm³/mol. The van der Waals surface area contributed by atoms with Crippen LogP contribution in [0.3, 0.4) is 0 Å². The maximum absolute atomic E-state index is 12.2. The van der Waals surface area contributed by atoms with Crippen molar-refractivity contribution in [2.24, 2.45) is 0 Å². The van der Waals surface area contributed by atoms with E-state index in [1.54, 1.807) is 0 Å². The van der Waals surface area contributed by atoms with Gasteiger partial charge >= 0.3 is 0 Å². The average Bonchev–Trinajstić information content (AvgIpc) is 2.63. The highest BCUT2D eigenvalue weighted by molar-refractivity contribution is 5.77. The Morgan fingerprint density at radius 1 is 1.22 bits per heavy atom. The summed E-state index contributed by atoms with van der Waals surface area (Å²) in [7, 11) is 0. The molecule has 5 nitrogen and oxygen atoms in total. The van der Waals surface area contributed by atoms with Gasteiger partial charge in [0.25, 0.3) is 0 Å². The number of pyridine rings is 1. The standard InChI is InChI=1S/C18H26N2O3/c21-18(14-22-13-17-3-1-2-12-23-17)20-10-6-16(7-11-20)15-4-8-19-9-5-15/h4-5,8-9,16-17H,1-3,6-7,10-14H2. The highest BCUT2D eigenvalue weighted by Crippen LogP contribution is 2.27. The number of carbonyl (C=O) groups is 1. The van der Waals surface area contributed by atoms with Crippen LogP contribution < -0.4 is 0 Å². The number of hydrogen-bond acceptors (Lipinski definition) is 4. The van der Waals surface area contributed by atoms with Gasteiger partial charge in [-0.25, -0.2) is 0 Å². The molecule has 23 heavy (non-hydrogen) atoms. The van der Waals surface area contributed by atoms with Crippen molar-refractivity contribution in [1.82, 2.24) is 9.88 Å². The van der Waals surface area contributed by atoms with Gasteiger partial charge in [-0.1, -0.05) is 0 Å². The fourth-order valence-corrected chi connectivity index (χ4v) is 3.41. The highest BCUT2D eigenvalue weighted by atomic mass is 16.5. The van der Waals surface area contributed by atoms with Crippen molar-refractivity contribution in [2.45, 2.75) is 44.1 Å². The zero-order valence-electron chi connectivity index (χ0n) is 13.7. The van der Waals surface area contributed by atoms with Gasteiger partial charge < -0.3 is 14.4 Å². The van der Waals surface area contributed by atoms with Crippen molar-refractivity contribution in [3.63, 3.8) is 0 Å². The first-order valence-electron chi connectivity index (χ1n) is 8.70. The molecule has 1 aromatic heterocycles. The number of ether oxygens (including phenoxy) is 2. The number of likely N-dealkylation sites (tertiary alicyclic amines) is 1. The number of nitrogens with zero attached hydrogens (tertiary/aromatic N) is 2. The topological polar surface area (TPSA) is 51.7 Å². The second-order valence-electron chi connectivity index (χ2n) is 6.44. The van der Waals surface area contributed by atoms with Crippen molar-refractivity contribution >= 4 is 5.91 Å². The molecule has 2 fully saturated rings. The molecular weight excluding hydrogens is 292 g/mol. The van der Waals surface area contributed by atoms with Crippen LogP contribution in [0.25, 0.3) is 0 Å². The lowest BCUT2D eigenvalue weighted by Gasteiger charge is -2.32. The van der Waals surface area contributed by atoms with Crippen LogP contribution in [0.15, 0.2) is 24.5 Å². The first kappa shape index (κ1) is 16.4. The van der Waals surface area contributed by atoms with E-state index >= 15 is 0 Å². The average molecular weight is 318 g/mol. The van der Waals surface area contributed by atoms with E-state index in [2.05, 4.69) is 17.1 Å². The fraction of sp³-hybridized carbons (Fsp3) is 0.667. The van der Waals surface area contributed by atoms with Gasteiger partial charge in [-0.3, -0.25) is 9.78 Å². The molecule has 2 saturated heterocycles. The Kier molecular flexibility index (Phi) is 6.00. The third-order valence-corrected chi connectivity index (χ3v) is 4.83. The molecule has 0 spiro atoms. The summed E-state index contributed by atoms with van der Waals surface area (Å²) in [5, 5.41) is 0. The van der Waals surface area contributed by atoms with Gasteiger partial charge in [0.1, 0.15) is 6.61 Å². The van der Waals surface area contributed by atoms with Crippen LogP contribution >= 0.6 is 0 Å². The molecule has 0 saturated carbocycles. The van der Waals surface area contributed by atoms with Crippen LogP contribution in [0.2, 0.25) is 0 Å². The molecule has 1 aromatic rings. The first-order chi connectivity index (χ1) is 11.3. The van der Waals surface area contributed by atoms with E-state index in [0.717, 1.165) is 45.4 Å². The minimum atomic E-state index is 0.106. The van der Waals surface area contributed by atoms with E-state index in [4.69, 9.17) is 9.47 Å². The molecular formula is C18H26N2O3. The Bertz CT molecular complexity index is 480.